The van der Waals surface area contributed by atoms with Crippen LogP contribution in [0.25, 0.3) is 28.4 Å². The van der Waals surface area contributed by atoms with Crippen LogP contribution in [0, 0.1) is 0 Å². The number of fused-ring (bicyclic) bond motifs is 1. The third-order valence-electron chi connectivity index (χ3n) is 4.79. The van der Waals surface area contributed by atoms with Gasteiger partial charge in [-0.1, -0.05) is 30.3 Å². The summed E-state index contributed by atoms with van der Waals surface area (Å²) in [4.78, 5) is 17.0. The predicted molar refractivity (Wildman–Crippen MR) is 117 cm³/mol. The molecule has 4 aromatic rings. The Morgan fingerprint density at radius 1 is 1.03 bits per heavy atom. The Kier molecular flexibility index (Phi) is 5.12. The summed E-state index contributed by atoms with van der Waals surface area (Å²) in [6.45, 7) is 0. The van der Waals surface area contributed by atoms with E-state index in [-0.39, 0.29) is 5.91 Å². The monoisotopic (exact) mass is 383 g/mol. The molecule has 144 valence electrons. The molecule has 0 saturated heterocycles. The molecule has 1 N–H and O–H groups in total. The van der Waals surface area contributed by atoms with Gasteiger partial charge in [0.05, 0.1) is 12.8 Å². The van der Waals surface area contributed by atoms with Gasteiger partial charge in [0, 0.05) is 36.0 Å². The first-order valence-corrected chi connectivity index (χ1v) is 9.29. The molecule has 0 unspecified atom stereocenters. The van der Waals surface area contributed by atoms with Crippen LogP contribution in [0.2, 0.25) is 0 Å². The second kappa shape index (κ2) is 8.02. The summed E-state index contributed by atoms with van der Waals surface area (Å²) in [5, 5.41) is 3.88. The van der Waals surface area contributed by atoms with E-state index < -0.39 is 0 Å². The molecule has 2 aromatic carbocycles. The fraction of sp³-hybridized carbons (Fsp3) is 0.0833. The average molecular weight is 383 g/mol. The Bertz CT molecular complexity index is 1180. The summed E-state index contributed by atoms with van der Waals surface area (Å²) in [5.74, 6) is 0.546. The molecule has 0 aliphatic carbocycles. The first-order valence-electron chi connectivity index (χ1n) is 9.29. The number of hydrogen-bond donors (Lipinski definition) is 1. The average Bonchev–Trinajstić information content (AvgIpc) is 3.05. The summed E-state index contributed by atoms with van der Waals surface area (Å²) in [5.41, 5.74) is 4.65. The maximum atomic E-state index is 12.5. The van der Waals surface area contributed by atoms with Crippen molar-refractivity contribution in [3.8, 4) is 17.0 Å². The van der Waals surface area contributed by atoms with E-state index in [0.29, 0.717) is 5.69 Å². The van der Waals surface area contributed by atoms with Gasteiger partial charge in [-0.3, -0.25) is 4.79 Å². The van der Waals surface area contributed by atoms with Gasteiger partial charge in [0.25, 0.3) is 0 Å². The lowest BCUT2D eigenvalue weighted by atomic mass is 10.1. The topological polar surface area (TPSA) is 56.1 Å². The lowest BCUT2D eigenvalue weighted by Crippen LogP contribution is -2.07. The number of amides is 1. The van der Waals surface area contributed by atoms with Crippen molar-refractivity contribution >= 4 is 28.7 Å². The van der Waals surface area contributed by atoms with Crippen LogP contribution in [0.3, 0.4) is 0 Å². The zero-order valence-electron chi connectivity index (χ0n) is 16.3. The SMILES string of the molecule is COc1ccc(NC(=O)/C=C/c2c(-c3ccccc3)n(C)c3ncccc23)cc1. The van der Waals surface area contributed by atoms with E-state index >= 15 is 0 Å². The van der Waals surface area contributed by atoms with E-state index in [1.165, 1.54) is 0 Å². The van der Waals surface area contributed by atoms with Gasteiger partial charge in [-0.15, -0.1) is 0 Å². The first kappa shape index (κ1) is 18.5. The van der Waals surface area contributed by atoms with Crippen LogP contribution in [0.5, 0.6) is 5.75 Å². The highest BCUT2D eigenvalue weighted by Gasteiger charge is 2.15. The van der Waals surface area contributed by atoms with Gasteiger partial charge >= 0.3 is 0 Å². The van der Waals surface area contributed by atoms with Crippen LogP contribution >= 0.6 is 0 Å². The molecule has 0 bridgehead atoms. The number of anilines is 1. The molecular weight excluding hydrogens is 362 g/mol. The molecule has 0 aliphatic heterocycles. The quantitative estimate of drug-likeness (QED) is 0.499. The molecular formula is C24H21N3O2. The molecule has 0 saturated carbocycles. The Hall–Kier alpha value is -3.86. The number of rotatable bonds is 5. The molecule has 1 amide bonds. The molecule has 5 nitrogen and oxygen atoms in total. The van der Waals surface area contributed by atoms with Crippen molar-refractivity contribution < 1.29 is 9.53 Å². The zero-order chi connectivity index (χ0) is 20.2. The molecule has 5 heteroatoms. The standard InChI is InChI=1S/C24H21N3O2/c1-27-23(17-7-4-3-5-8-17)20(21-9-6-16-25-24(21)27)14-15-22(28)26-18-10-12-19(29-2)13-11-18/h3-16H,1-2H3,(H,26,28)/b15-14+. The minimum Gasteiger partial charge on any atom is -0.497 e. The van der Waals surface area contributed by atoms with Crippen LogP contribution in [-0.4, -0.2) is 22.6 Å². The van der Waals surface area contributed by atoms with Gasteiger partial charge in [-0.05, 0) is 48.0 Å². The van der Waals surface area contributed by atoms with Crippen LogP contribution in [0.1, 0.15) is 5.56 Å². The normalized spacial score (nSPS) is 11.1. The Morgan fingerprint density at radius 2 is 1.79 bits per heavy atom. The molecule has 0 aliphatic rings. The molecule has 0 radical (unpaired) electrons. The summed E-state index contributed by atoms with van der Waals surface area (Å²) in [6, 6.07) is 21.3. The lowest BCUT2D eigenvalue weighted by Gasteiger charge is -2.06. The third-order valence-corrected chi connectivity index (χ3v) is 4.79. The van der Waals surface area contributed by atoms with Crippen molar-refractivity contribution in [1.29, 1.82) is 0 Å². The minimum absolute atomic E-state index is 0.199. The second-order valence-corrected chi connectivity index (χ2v) is 6.61. The number of aryl methyl sites for hydroxylation is 1. The van der Waals surface area contributed by atoms with Crippen LogP contribution < -0.4 is 10.1 Å². The summed E-state index contributed by atoms with van der Waals surface area (Å²) in [6.07, 6.45) is 5.19. The molecule has 2 aromatic heterocycles. The molecule has 0 atom stereocenters. The number of nitrogens with one attached hydrogen (secondary N) is 1. The highest BCUT2D eigenvalue weighted by Crippen LogP contribution is 2.33. The Labute approximate surface area is 169 Å². The zero-order valence-corrected chi connectivity index (χ0v) is 16.3. The van der Waals surface area contributed by atoms with Crippen molar-refractivity contribution in [2.45, 2.75) is 0 Å². The number of benzene rings is 2. The van der Waals surface area contributed by atoms with E-state index in [2.05, 4.69) is 27.0 Å². The number of carbonyl (C=O) groups is 1. The number of methoxy groups -OCH3 is 1. The smallest absolute Gasteiger partial charge is 0.248 e. The highest BCUT2D eigenvalue weighted by molar-refractivity contribution is 6.05. The van der Waals surface area contributed by atoms with Crippen LogP contribution in [0.15, 0.2) is 79.0 Å². The summed E-state index contributed by atoms with van der Waals surface area (Å²) in [7, 11) is 3.60. The molecule has 0 spiro atoms. The Morgan fingerprint density at radius 3 is 2.52 bits per heavy atom. The molecule has 2 heterocycles. The third kappa shape index (κ3) is 3.75. The van der Waals surface area contributed by atoms with Gasteiger partial charge in [0.1, 0.15) is 11.4 Å². The summed E-state index contributed by atoms with van der Waals surface area (Å²) < 4.78 is 7.20. The first-order chi connectivity index (χ1) is 14.2. The fourth-order valence-corrected chi connectivity index (χ4v) is 3.42. The maximum Gasteiger partial charge on any atom is 0.248 e. The molecule has 0 fully saturated rings. The van der Waals surface area contributed by atoms with Crippen LogP contribution in [0.4, 0.5) is 5.69 Å². The number of pyridine rings is 1. The van der Waals surface area contributed by atoms with Crippen molar-refractivity contribution in [2.75, 3.05) is 12.4 Å². The van der Waals surface area contributed by atoms with E-state index in [9.17, 15) is 4.79 Å². The van der Waals surface area contributed by atoms with Crippen molar-refractivity contribution in [1.82, 2.24) is 9.55 Å². The number of ether oxygens (including phenoxy) is 1. The highest BCUT2D eigenvalue weighted by atomic mass is 16.5. The van der Waals surface area contributed by atoms with Gasteiger partial charge < -0.3 is 14.6 Å². The van der Waals surface area contributed by atoms with Crippen molar-refractivity contribution in [2.24, 2.45) is 7.05 Å². The van der Waals surface area contributed by atoms with Gasteiger partial charge in [-0.25, -0.2) is 4.98 Å². The van der Waals surface area contributed by atoms with Gasteiger partial charge in [-0.2, -0.15) is 0 Å². The van der Waals surface area contributed by atoms with Crippen LogP contribution in [-0.2, 0) is 11.8 Å². The van der Waals surface area contributed by atoms with E-state index in [1.807, 2.05) is 67.7 Å². The number of carbonyl (C=O) groups excluding carboxylic acids is 1. The lowest BCUT2D eigenvalue weighted by molar-refractivity contribution is -0.111. The predicted octanol–water partition coefficient (Wildman–Crippen LogP) is 4.90. The number of aromatic nitrogens is 2. The van der Waals surface area contributed by atoms with E-state index in [1.54, 1.807) is 19.4 Å². The minimum atomic E-state index is -0.199. The largest absolute Gasteiger partial charge is 0.497 e. The van der Waals surface area contributed by atoms with Gasteiger partial charge in [0.2, 0.25) is 5.91 Å². The van der Waals surface area contributed by atoms with E-state index in [4.69, 9.17) is 4.74 Å². The Balaban J connectivity index is 1.68. The fourth-order valence-electron chi connectivity index (χ4n) is 3.42. The molecule has 29 heavy (non-hydrogen) atoms. The number of hydrogen-bond acceptors (Lipinski definition) is 3. The second-order valence-electron chi connectivity index (χ2n) is 6.61. The van der Waals surface area contributed by atoms with Crippen molar-refractivity contribution in [3.05, 3.63) is 84.6 Å². The summed E-state index contributed by atoms with van der Waals surface area (Å²) >= 11 is 0. The van der Waals surface area contributed by atoms with Crippen molar-refractivity contribution in [3.63, 3.8) is 0 Å². The molecule has 4 rings (SSSR count). The maximum absolute atomic E-state index is 12.5. The number of nitrogens with zero attached hydrogens (tertiary/aromatic N) is 2. The van der Waals surface area contributed by atoms with Gasteiger partial charge in [0.15, 0.2) is 0 Å². The van der Waals surface area contributed by atoms with E-state index in [0.717, 1.165) is 33.6 Å².